The number of benzene rings is 3. The van der Waals surface area contributed by atoms with E-state index in [0.29, 0.717) is 0 Å². The van der Waals surface area contributed by atoms with E-state index in [2.05, 4.69) is 31.2 Å². The maximum Gasteiger partial charge on any atom is 0.0951 e. The van der Waals surface area contributed by atoms with Crippen LogP contribution in [-0.4, -0.2) is 35.6 Å². The molecule has 0 aromatic heterocycles. The molecule has 28 heavy (non-hydrogen) atoms. The van der Waals surface area contributed by atoms with Crippen LogP contribution >= 0.6 is 0 Å². The largest absolute Gasteiger partial charge is 0.394 e. The summed E-state index contributed by atoms with van der Waals surface area (Å²) in [6.45, 7) is 3.88. The first-order valence-electron chi connectivity index (χ1n) is 9.67. The number of aryl methyl sites for hydroxylation is 1. The van der Waals surface area contributed by atoms with E-state index in [1.54, 1.807) is 6.92 Å². The Morgan fingerprint density at radius 2 is 1.25 bits per heavy atom. The molecule has 0 aliphatic heterocycles. The molecule has 2 N–H and O–H groups in total. The fraction of sp³-hybridized carbons (Fsp3) is 0.280. The van der Waals surface area contributed by atoms with Crippen LogP contribution in [0.4, 0.5) is 0 Å². The number of aliphatic hydroxyl groups is 2. The minimum absolute atomic E-state index is 0.0824. The molecule has 0 aliphatic carbocycles. The van der Waals surface area contributed by atoms with Gasteiger partial charge in [0.2, 0.25) is 0 Å². The van der Waals surface area contributed by atoms with Crippen LogP contribution in [-0.2, 0) is 10.2 Å². The molecule has 0 saturated carbocycles. The minimum Gasteiger partial charge on any atom is -0.394 e. The summed E-state index contributed by atoms with van der Waals surface area (Å²) in [5.74, 6) is 0. The average Bonchev–Trinajstić information content (AvgIpc) is 2.75. The number of hydrogen-bond donors (Lipinski definition) is 2. The third kappa shape index (κ3) is 4.02. The van der Waals surface area contributed by atoms with Crippen LogP contribution in [0.5, 0.6) is 0 Å². The number of hydrogen-bond acceptors (Lipinski definition) is 3. The zero-order valence-corrected chi connectivity index (χ0v) is 16.5. The summed E-state index contributed by atoms with van der Waals surface area (Å²) in [4.78, 5) is 0. The fourth-order valence-corrected chi connectivity index (χ4v) is 3.73. The quantitative estimate of drug-likeness (QED) is 0.582. The second kappa shape index (κ2) is 9.16. The van der Waals surface area contributed by atoms with Gasteiger partial charge in [-0.2, -0.15) is 0 Å². The van der Waals surface area contributed by atoms with Crippen LogP contribution in [0.25, 0.3) is 0 Å². The van der Waals surface area contributed by atoms with E-state index in [0.717, 1.165) is 16.7 Å². The standard InChI is InChI=1S/C25H28O3/c1-19-13-15-23(16-14-19)25(21-9-5-3-6-10-21,22-11-7-4-8-12-22)24(27)18-28-20(2)17-26/h3-16,20,24,26-27H,17-18H2,1-2H3. The maximum absolute atomic E-state index is 11.5. The molecule has 0 saturated heterocycles. The van der Waals surface area contributed by atoms with Gasteiger partial charge in [-0.25, -0.2) is 0 Å². The van der Waals surface area contributed by atoms with Crippen LogP contribution in [0, 0.1) is 6.92 Å². The molecular formula is C25H28O3. The molecule has 2 unspecified atom stereocenters. The fourth-order valence-electron chi connectivity index (χ4n) is 3.73. The molecule has 0 spiro atoms. The molecule has 0 radical (unpaired) electrons. The summed E-state index contributed by atoms with van der Waals surface area (Å²) in [6, 6.07) is 28.4. The lowest BCUT2D eigenvalue weighted by Crippen LogP contribution is -2.45. The zero-order chi connectivity index (χ0) is 20.0. The SMILES string of the molecule is Cc1ccc(C(c2ccccc2)(c2ccccc2)C(O)COC(C)CO)cc1. The molecule has 146 valence electrons. The Labute approximate surface area is 167 Å². The van der Waals surface area contributed by atoms with Gasteiger partial charge >= 0.3 is 0 Å². The van der Waals surface area contributed by atoms with Gasteiger partial charge in [0.1, 0.15) is 0 Å². The molecule has 3 aromatic carbocycles. The Bertz CT molecular complexity index is 804. The molecule has 3 aromatic rings. The van der Waals surface area contributed by atoms with Crippen LogP contribution in [0.2, 0.25) is 0 Å². The predicted octanol–water partition coefficient (Wildman–Crippen LogP) is 4.09. The van der Waals surface area contributed by atoms with E-state index in [-0.39, 0.29) is 19.3 Å². The van der Waals surface area contributed by atoms with Gasteiger partial charge in [-0.3, -0.25) is 0 Å². The molecular weight excluding hydrogens is 348 g/mol. The van der Waals surface area contributed by atoms with Crippen LogP contribution in [0.3, 0.4) is 0 Å². The molecule has 3 rings (SSSR count). The van der Waals surface area contributed by atoms with Crippen molar-refractivity contribution in [2.24, 2.45) is 0 Å². The summed E-state index contributed by atoms with van der Waals surface area (Å²) in [5, 5.41) is 20.9. The Balaban J connectivity index is 2.21. The van der Waals surface area contributed by atoms with E-state index in [9.17, 15) is 10.2 Å². The van der Waals surface area contributed by atoms with E-state index in [1.165, 1.54) is 5.56 Å². The lowest BCUT2D eigenvalue weighted by molar-refractivity contribution is -0.0377. The van der Waals surface area contributed by atoms with Gasteiger partial charge in [-0.05, 0) is 30.5 Å². The summed E-state index contributed by atoms with van der Waals surface area (Å²) in [6.07, 6.45) is -1.18. The second-order valence-corrected chi connectivity index (χ2v) is 7.25. The zero-order valence-electron chi connectivity index (χ0n) is 16.5. The third-order valence-electron chi connectivity index (χ3n) is 5.26. The van der Waals surface area contributed by atoms with E-state index in [4.69, 9.17) is 4.74 Å². The highest BCUT2D eigenvalue weighted by Crippen LogP contribution is 2.42. The van der Waals surface area contributed by atoms with Crippen molar-refractivity contribution >= 4 is 0 Å². The van der Waals surface area contributed by atoms with Crippen molar-refractivity contribution in [1.29, 1.82) is 0 Å². The highest BCUT2D eigenvalue weighted by Gasteiger charge is 2.43. The van der Waals surface area contributed by atoms with Crippen molar-refractivity contribution in [2.75, 3.05) is 13.2 Å². The lowest BCUT2D eigenvalue weighted by Gasteiger charge is -2.40. The van der Waals surface area contributed by atoms with E-state index >= 15 is 0 Å². The molecule has 3 nitrogen and oxygen atoms in total. The van der Waals surface area contributed by atoms with Crippen molar-refractivity contribution in [1.82, 2.24) is 0 Å². The van der Waals surface area contributed by atoms with Crippen LogP contribution in [0.15, 0.2) is 84.9 Å². The van der Waals surface area contributed by atoms with Crippen molar-refractivity contribution in [3.63, 3.8) is 0 Å². The van der Waals surface area contributed by atoms with Gasteiger partial charge in [0.15, 0.2) is 0 Å². The monoisotopic (exact) mass is 376 g/mol. The van der Waals surface area contributed by atoms with Gasteiger partial charge in [-0.1, -0.05) is 90.5 Å². The van der Waals surface area contributed by atoms with Gasteiger partial charge in [-0.15, -0.1) is 0 Å². The van der Waals surface area contributed by atoms with Crippen molar-refractivity contribution in [3.05, 3.63) is 107 Å². The Morgan fingerprint density at radius 3 is 1.71 bits per heavy atom. The normalized spacial score (nSPS) is 13.9. The highest BCUT2D eigenvalue weighted by molar-refractivity contribution is 5.52. The number of aliphatic hydroxyl groups excluding tert-OH is 2. The van der Waals surface area contributed by atoms with E-state index in [1.807, 2.05) is 60.7 Å². The van der Waals surface area contributed by atoms with Crippen molar-refractivity contribution < 1.29 is 14.9 Å². The lowest BCUT2D eigenvalue weighted by atomic mass is 9.66. The van der Waals surface area contributed by atoms with Crippen LogP contribution < -0.4 is 0 Å². The van der Waals surface area contributed by atoms with Crippen LogP contribution in [0.1, 0.15) is 29.2 Å². The average molecular weight is 376 g/mol. The Kier molecular flexibility index (Phi) is 6.63. The first kappa shape index (κ1) is 20.3. The van der Waals surface area contributed by atoms with Gasteiger partial charge in [0.05, 0.1) is 30.8 Å². The summed E-state index contributed by atoms with van der Waals surface area (Å²) < 4.78 is 5.75. The molecule has 0 fully saturated rings. The van der Waals surface area contributed by atoms with Gasteiger partial charge in [0, 0.05) is 0 Å². The molecule has 0 aliphatic rings. The molecule has 0 bridgehead atoms. The third-order valence-corrected chi connectivity index (χ3v) is 5.26. The molecule has 2 atom stereocenters. The summed E-state index contributed by atoms with van der Waals surface area (Å²) in [7, 11) is 0. The van der Waals surface area contributed by atoms with Gasteiger partial charge in [0.25, 0.3) is 0 Å². The van der Waals surface area contributed by atoms with Gasteiger partial charge < -0.3 is 14.9 Å². The number of ether oxygens (including phenoxy) is 1. The summed E-state index contributed by atoms with van der Waals surface area (Å²) >= 11 is 0. The Hall–Kier alpha value is -2.46. The number of rotatable bonds is 8. The first-order valence-corrected chi connectivity index (χ1v) is 9.67. The molecule has 3 heteroatoms. The predicted molar refractivity (Wildman–Crippen MR) is 112 cm³/mol. The van der Waals surface area contributed by atoms with Crippen molar-refractivity contribution in [2.45, 2.75) is 31.5 Å². The first-order chi connectivity index (χ1) is 13.6. The smallest absolute Gasteiger partial charge is 0.0951 e. The van der Waals surface area contributed by atoms with Crippen molar-refractivity contribution in [3.8, 4) is 0 Å². The Morgan fingerprint density at radius 1 is 0.786 bits per heavy atom. The second-order valence-electron chi connectivity index (χ2n) is 7.25. The highest BCUT2D eigenvalue weighted by atomic mass is 16.5. The topological polar surface area (TPSA) is 49.7 Å². The summed E-state index contributed by atoms with van der Waals surface area (Å²) in [5.41, 5.74) is 3.38. The minimum atomic E-state index is -0.839. The van der Waals surface area contributed by atoms with E-state index < -0.39 is 11.5 Å². The molecule has 0 heterocycles. The maximum atomic E-state index is 11.5. The molecule has 0 amide bonds.